The average Bonchev–Trinajstić information content (AvgIpc) is 3.45. The Balaban J connectivity index is 0.000000385. The number of carboxylic acids is 2. The molecule has 4 aromatic rings. The Hall–Kier alpha value is -3.36. The number of nitrogens with zero attached hydrogens (tertiary/aromatic N) is 1. The minimum absolute atomic E-state index is 0.998. The summed E-state index contributed by atoms with van der Waals surface area (Å²) in [6.07, 6.45) is 8.43. The van der Waals surface area contributed by atoms with E-state index >= 15 is 0 Å². The second-order valence-corrected chi connectivity index (χ2v) is 8.70. The van der Waals surface area contributed by atoms with E-state index in [1.165, 1.54) is 33.0 Å². The maximum atomic E-state index is 9.10. The monoisotopic (exact) mass is 510 g/mol. The zero-order valence-corrected chi connectivity index (χ0v) is 19.3. The Kier molecular flexibility index (Phi) is 6.96. The number of aromatic nitrogens is 1. The van der Waals surface area contributed by atoms with Crippen LogP contribution in [0.2, 0.25) is 0 Å². The fourth-order valence-electron chi connectivity index (χ4n) is 4.04. The van der Waals surface area contributed by atoms with E-state index in [2.05, 4.69) is 74.5 Å². The van der Waals surface area contributed by atoms with Gasteiger partial charge in [0.15, 0.2) is 0 Å². The molecule has 0 saturated heterocycles. The molecule has 2 aromatic carbocycles. The maximum absolute atomic E-state index is 9.10. The Morgan fingerprint density at radius 3 is 2.67 bits per heavy atom. The predicted octanol–water partition coefficient (Wildman–Crippen LogP) is 5.16. The Labute approximate surface area is 198 Å². The standard InChI is InChI=1S/C23H21BrN2O.C2H2O4/c24-19-4-5-22-21(14-19)18(15-25-22)8-12-26-10-6-16(7-11-26)20-3-1-2-17-9-13-27-23(17)20;3-1(4)2(5)6/h1-6,9,13-15,25H,7-8,10-12H2;(H,3,4)(H,5,6). The van der Waals surface area contributed by atoms with Crippen molar-refractivity contribution in [1.29, 1.82) is 0 Å². The Morgan fingerprint density at radius 1 is 1.12 bits per heavy atom. The summed E-state index contributed by atoms with van der Waals surface area (Å²) in [5, 5.41) is 17.3. The van der Waals surface area contributed by atoms with Crippen molar-refractivity contribution in [2.75, 3.05) is 19.6 Å². The first-order valence-corrected chi connectivity index (χ1v) is 11.3. The molecule has 0 amide bonds. The number of aliphatic carboxylic acids is 2. The average molecular weight is 511 g/mol. The quantitative estimate of drug-likeness (QED) is 0.327. The van der Waals surface area contributed by atoms with Crippen LogP contribution in [0.25, 0.3) is 27.4 Å². The molecule has 0 aliphatic carbocycles. The molecule has 33 heavy (non-hydrogen) atoms. The molecule has 170 valence electrons. The number of halogens is 1. The van der Waals surface area contributed by atoms with Crippen molar-refractivity contribution in [3.8, 4) is 0 Å². The summed E-state index contributed by atoms with van der Waals surface area (Å²) >= 11 is 3.58. The van der Waals surface area contributed by atoms with E-state index in [9.17, 15) is 0 Å². The predicted molar refractivity (Wildman–Crippen MR) is 130 cm³/mol. The van der Waals surface area contributed by atoms with Crippen LogP contribution in [-0.4, -0.2) is 51.7 Å². The van der Waals surface area contributed by atoms with Gasteiger partial charge in [-0.2, -0.15) is 0 Å². The molecule has 0 unspecified atom stereocenters. The minimum Gasteiger partial charge on any atom is -0.473 e. The molecular formula is C25H23BrN2O5. The molecule has 0 bridgehead atoms. The zero-order chi connectivity index (χ0) is 23.4. The van der Waals surface area contributed by atoms with Gasteiger partial charge >= 0.3 is 11.9 Å². The number of furan rings is 1. The van der Waals surface area contributed by atoms with Crippen LogP contribution in [0.15, 0.2) is 69.9 Å². The van der Waals surface area contributed by atoms with Crippen LogP contribution in [0.1, 0.15) is 17.5 Å². The summed E-state index contributed by atoms with van der Waals surface area (Å²) in [5.41, 5.74) is 6.27. The lowest BCUT2D eigenvalue weighted by Crippen LogP contribution is -2.30. The van der Waals surface area contributed by atoms with E-state index in [-0.39, 0.29) is 0 Å². The molecule has 0 spiro atoms. The highest BCUT2D eigenvalue weighted by Crippen LogP contribution is 2.30. The summed E-state index contributed by atoms with van der Waals surface area (Å²) < 4.78 is 6.85. The lowest BCUT2D eigenvalue weighted by molar-refractivity contribution is -0.159. The van der Waals surface area contributed by atoms with Crippen LogP contribution >= 0.6 is 15.9 Å². The molecule has 3 heterocycles. The van der Waals surface area contributed by atoms with Gasteiger partial charge in [0.2, 0.25) is 0 Å². The number of para-hydroxylation sites is 1. The normalized spacial score (nSPS) is 14.0. The largest absolute Gasteiger partial charge is 0.473 e. The summed E-state index contributed by atoms with van der Waals surface area (Å²) in [5.74, 6) is -3.65. The smallest absolute Gasteiger partial charge is 0.414 e. The van der Waals surface area contributed by atoms with E-state index in [0.29, 0.717) is 0 Å². The number of carboxylic acid groups (broad SMARTS) is 2. The van der Waals surface area contributed by atoms with Gasteiger partial charge in [-0.3, -0.25) is 4.90 Å². The number of hydrogen-bond donors (Lipinski definition) is 3. The van der Waals surface area contributed by atoms with E-state index in [0.717, 1.165) is 42.5 Å². The first-order chi connectivity index (χ1) is 15.9. The van der Waals surface area contributed by atoms with Gasteiger partial charge < -0.3 is 19.6 Å². The van der Waals surface area contributed by atoms with Crippen molar-refractivity contribution >= 4 is 55.3 Å². The fourth-order valence-corrected chi connectivity index (χ4v) is 4.40. The van der Waals surface area contributed by atoms with Crippen molar-refractivity contribution in [2.24, 2.45) is 0 Å². The van der Waals surface area contributed by atoms with Gasteiger partial charge in [-0.05, 0) is 48.2 Å². The zero-order valence-electron chi connectivity index (χ0n) is 17.8. The second kappa shape index (κ2) is 10.1. The third-order valence-corrected chi connectivity index (χ3v) is 6.22. The number of hydrogen-bond acceptors (Lipinski definition) is 4. The number of aromatic amines is 1. The van der Waals surface area contributed by atoms with Crippen LogP contribution in [0.5, 0.6) is 0 Å². The van der Waals surface area contributed by atoms with Gasteiger partial charge in [-0.15, -0.1) is 0 Å². The van der Waals surface area contributed by atoms with Gasteiger partial charge in [0.05, 0.1) is 6.26 Å². The van der Waals surface area contributed by atoms with Crippen molar-refractivity contribution in [1.82, 2.24) is 9.88 Å². The number of H-pyrrole nitrogens is 1. The van der Waals surface area contributed by atoms with E-state index in [1.807, 2.05) is 6.07 Å². The highest BCUT2D eigenvalue weighted by molar-refractivity contribution is 9.10. The van der Waals surface area contributed by atoms with Gasteiger partial charge in [0.25, 0.3) is 0 Å². The molecule has 8 heteroatoms. The molecule has 0 fully saturated rings. The molecule has 0 radical (unpaired) electrons. The van der Waals surface area contributed by atoms with Crippen LogP contribution in [0.4, 0.5) is 0 Å². The fraction of sp³-hybridized carbons (Fsp3) is 0.200. The highest BCUT2D eigenvalue weighted by atomic mass is 79.9. The van der Waals surface area contributed by atoms with Crippen molar-refractivity contribution in [3.05, 3.63) is 76.6 Å². The molecule has 7 nitrogen and oxygen atoms in total. The van der Waals surface area contributed by atoms with E-state index in [1.54, 1.807) is 6.26 Å². The third-order valence-electron chi connectivity index (χ3n) is 5.73. The van der Waals surface area contributed by atoms with Crippen LogP contribution < -0.4 is 0 Å². The molecular weight excluding hydrogens is 488 g/mol. The molecule has 0 saturated carbocycles. The lowest BCUT2D eigenvalue weighted by atomic mass is 9.97. The molecule has 2 aromatic heterocycles. The minimum atomic E-state index is -1.82. The van der Waals surface area contributed by atoms with Crippen molar-refractivity contribution in [3.63, 3.8) is 0 Å². The van der Waals surface area contributed by atoms with Gasteiger partial charge in [0.1, 0.15) is 5.58 Å². The van der Waals surface area contributed by atoms with E-state index < -0.39 is 11.9 Å². The summed E-state index contributed by atoms with van der Waals surface area (Å²) in [6.45, 7) is 3.17. The van der Waals surface area contributed by atoms with Crippen molar-refractivity contribution in [2.45, 2.75) is 12.8 Å². The molecule has 0 atom stereocenters. The summed E-state index contributed by atoms with van der Waals surface area (Å²) in [6, 6.07) is 14.9. The molecule has 3 N–H and O–H groups in total. The Bertz CT molecular complexity index is 1330. The third kappa shape index (κ3) is 5.35. The molecule has 1 aliphatic heterocycles. The maximum Gasteiger partial charge on any atom is 0.414 e. The second-order valence-electron chi connectivity index (χ2n) is 7.79. The lowest BCUT2D eigenvalue weighted by Gasteiger charge is -2.26. The van der Waals surface area contributed by atoms with Gasteiger partial charge in [0, 0.05) is 52.2 Å². The number of benzene rings is 2. The molecule has 5 rings (SSSR count). The summed E-state index contributed by atoms with van der Waals surface area (Å²) in [4.78, 5) is 24.1. The Morgan fingerprint density at radius 2 is 1.94 bits per heavy atom. The first-order valence-electron chi connectivity index (χ1n) is 10.5. The number of fused-ring (bicyclic) bond motifs is 2. The SMILES string of the molecule is Brc1ccc2[nH]cc(CCN3CC=C(c4cccc5ccoc45)CC3)c2c1.O=C(O)C(=O)O. The topological polar surface area (TPSA) is 107 Å². The highest BCUT2D eigenvalue weighted by Gasteiger charge is 2.16. The van der Waals surface area contributed by atoms with Crippen LogP contribution in [0, 0.1) is 0 Å². The first kappa shape index (κ1) is 22.8. The van der Waals surface area contributed by atoms with Crippen LogP contribution in [-0.2, 0) is 16.0 Å². The number of rotatable bonds is 4. The number of nitrogens with one attached hydrogen (secondary N) is 1. The summed E-state index contributed by atoms with van der Waals surface area (Å²) in [7, 11) is 0. The van der Waals surface area contributed by atoms with Crippen molar-refractivity contribution < 1.29 is 24.2 Å². The van der Waals surface area contributed by atoms with Gasteiger partial charge in [-0.25, -0.2) is 9.59 Å². The van der Waals surface area contributed by atoms with Gasteiger partial charge in [-0.1, -0.05) is 40.2 Å². The molecule has 1 aliphatic rings. The van der Waals surface area contributed by atoms with E-state index in [4.69, 9.17) is 24.2 Å². The number of carbonyl (C=O) groups is 2. The van der Waals surface area contributed by atoms with Crippen LogP contribution in [0.3, 0.4) is 0 Å².